The number of hydrogen-bond acceptors (Lipinski definition) is 3. The van der Waals surface area contributed by atoms with Crippen LogP contribution >= 0.6 is 22.9 Å². The van der Waals surface area contributed by atoms with Crippen LogP contribution in [0.3, 0.4) is 0 Å². The van der Waals surface area contributed by atoms with E-state index in [-0.39, 0.29) is 5.41 Å². The van der Waals surface area contributed by atoms with Crippen molar-refractivity contribution in [3.63, 3.8) is 0 Å². The first-order chi connectivity index (χ1) is 12.2. The first kappa shape index (κ1) is 17.5. The lowest BCUT2D eigenvalue weighted by atomic mass is 9.67. The minimum Gasteiger partial charge on any atom is -0.306 e. The van der Waals surface area contributed by atoms with Crippen molar-refractivity contribution < 1.29 is 0 Å². The Balaban J connectivity index is 1.65. The summed E-state index contributed by atoms with van der Waals surface area (Å²) in [6.45, 7) is 2.39. The summed E-state index contributed by atoms with van der Waals surface area (Å²) < 4.78 is 0. The Kier molecular flexibility index (Phi) is 5.17. The third-order valence-electron chi connectivity index (χ3n) is 6.18. The number of hydrogen-bond donors (Lipinski definition) is 0. The van der Waals surface area contributed by atoms with Crippen molar-refractivity contribution in [2.75, 3.05) is 20.1 Å². The van der Waals surface area contributed by atoms with Gasteiger partial charge in [0.15, 0.2) is 0 Å². The molecule has 2 nitrogen and oxygen atoms in total. The molecule has 2 fully saturated rings. The number of likely N-dealkylation sites (tertiary alicyclic amines) is 1. The highest BCUT2D eigenvalue weighted by molar-refractivity contribution is 7.09. The lowest BCUT2D eigenvalue weighted by Gasteiger charge is -2.37. The molecule has 2 aromatic rings. The first-order valence-corrected chi connectivity index (χ1v) is 10.8. The van der Waals surface area contributed by atoms with Crippen LogP contribution in [-0.4, -0.2) is 30.0 Å². The largest absolute Gasteiger partial charge is 0.306 e. The van der Waals surface area contributed by atoms with Crippen molar-refractivity contribution in [3.05, 3.63) is 50.9 Å². The van der Waals surface area contributed by atoms with E-state index in [1.54, 1.807) is 0 Å². The lowest BCUT2D eigenvalue weighted by molar-refractivity contribution is 0.254. The molecule has 1 saturated heterocycles. The molecule has 1 aromatic heterocycles. The van der Waals surface area contributed by atoms with Gasteiger partial charge in [0.1, 0.15) is 0 Å². The van der Waals surface area contributed by atoms with Gasteiger partial charge < -0.3 is 4.90 Å². The number of thiazole rings is 1. The van der Waals surface area contributed by atoms with Gasteiger partial charge in [0, 0.05) is 21.7 Å². The molecule has 0 unspecified atom stereocenters. The van der Waals surface area contributed by atoms with Crippen LogP contribution < -0.4 is 0 Å². The van der Waals surface area contributed by atoms with Crippen molar-refractivity contribution in [2.24, 2.45) is 0 Å². The van der Waals surface area contributed by atoms with Gasteiger partial charge in [-0.05, 0) is 63.5 Å². The second kappa shape index (κ2) is 7.38. The average molecular weight is 375 g/mol. The molecule has 2 aliphatic rings. The minimum absolute atomic E-state index is 0.100. The second-order valence-corrected chi connectivity index (χ2v) is 9.12. The number of aromatic nitrogens is 1. The van der Waals surface area contributed by atoms with E-state index in [0.717, 1.165) is 5.02 Å². The number of piperidine rings is 1. The average Bonchev–Trinajstić information content (AvgIpc) is 3.14. The van der Waals surface area contributed by atoms with Crippen molar-refractivity contribution in [2.45, 2.75) is 56.3 Å². The molecule has 0 amide bonds. The SMILES string of the molecule is CN1CCC(c2nc(C3(c4ccc(Cl)cc4)CCCCC3)cs2)CC1. The molecule has 0 bridgehead atoms. The van der Waals surface area contributed by atoms with Crippen LogP contribution in [-0.2, 0) is 5.41 Å². The number of halogens is 1. The molecule has 4 rings (SSSR count). The van der Waals surface area contributed by atoms with Gasteiger partial charge in [-0.2, -0.15) is 0 Å². The topological polar surface area (TPSA) is 16.1 Å². The van der Waals surface area contributed by atoms with E-state index in [0.29, 0.717) is 5.92 Å². The Hall–Kier alpha value is -0.900. The highest BCUT2D eigenvalue weighted by atomic mass is 35.5. The summed E-state index contributed by atoms with van der Waals surface area (Å²) in [7, 11) is 2.22. The van der Waals surface area contributed by atoms with Crippen LogP contribution in [0.1, 0.15) is 67.1 Å². The predicted molar refractivity (Wildman–Crippen MR) is 107 cm³/mol. The molecule has 0 radical (unpaired) electrons. The molecule has 1 saturated carbocycles. The fraction of sp³-hybridized carbons (Fsp3) is 0.571. The zero-order valence-corrected chi connectivity index (χ0v) is 16.6. The fourth-order valence-electron chi connectivity index (χ4n) is 4.57. The monoisotopic (exact) mass is 374 g/mol. The molecule has 1 aromatic carbocycles. The Morgan fingerprint density at radius 3 is 2.44 bits per heavy atom. The molecule has 25 heavy (non-hydrogen) atoms. The van der Waals surface area contributed by atoms with E-state index >= 15 is 0 Å². The smallest absolute Gasteiger partial charge is 0.0960 e. The standard InChI is InChI=1S/C21H27ClN2S/c1-24-13-9-16(10-14-24)20-23-19(15-25-20)21(11-3-2-4-12-21)17-5-7-18(22)8-6-17/h5-8,15-16H,2-4,9-14H2,1H3. The van der Waals surface area contributed by atoms with Crippen molar-refractivity contribution in [3.8, 4) is 0 Å². The van der Waals surface area contributed by atoms with Crippen molar-refractivity contribution >= 4 is 22.9 Å². The third kappa shape index (κ3) is 3.51. The number of rotatable bonds is 3. The second-order valence-electron chi connectivity index (χ2n) is 7.80. The van der Waals surface area contributed by atoms with Gasteiger partial charge in [0.2, 0.25) is 0 Å². The molecule has 134 valence electrons. The van der Waals surface area contributed by atoms with Crippen LogP contribution in [0.2, 0.25) is 5.02 Å². The van der Waals surface area contributed by atoms with Crippen LogP contribution in [0.5, 0.6) is 0 Å². The molecule has 0 spiro atoms. The molecule has 1 aliphatic heterocycles. The van der Waals surface area contributed by atoms with E-state index in [1.807, 2.05) is 23.5 Å². The lowest BCUT2D eigenvalue weighted by Crippen LogP contribution is -2.31. The van der Waals surface area contributed by atoms with Gasteiger partial charge in [-0.25, -0.2) is 4.98 Å². The van der Waals surface area contributed by atoms with E-state index in [4.69, 9.17) is 16.6 Å². The highest BCUT2D eigenvalue weighted by Gasteiger charge is 2.38. The zero-order valence-electron chi connectivity index (χ0n) is 15.0. The van der Waals surface area contributed by atoms with Gasteiger partial charge in [0.05, 0.1) is 10.7 Å². The summed E-state index contributed by atoms with van der Waals surface area (Å²) in [5, 5.41) is 4.54. The Morgan fingerprint density at radius 2 is 1.76 bits per heavy atom. The maximum atomic E-state index is 6.14. The van der Waals surface area contributed by atoms with Gasteiger partial charge in [-0.15, -0.1) is 11.3 Å². The van der Waals surface area contributed by atoms with Gasteiger partial charge in [0.25, 0.3) is 0 Å². The van der Waals surface area contributed by atoms with E-state index in [2.05, 4.69) is 29.5 Å². The molecular weight excluding hydrogens is 348 g/mol. The summed E-state index contributed by atoms with van der Waals surface area (Å²) >= 11 is 8.03. The summed E-state index contributed by atoms with van der Waals surface area (Å²) in [6.07, 6.45) is 8.86. The van der Waals surface area contributed by atoms with E-state index in [1.165, 1.54) is 74.3 Å². The Bertz CT molecular complexity index is 695. The predicted octanol–water partition coefficient (Wildman–Crippen LogP) is 5.86. The molecule has 1 aliphatic carbocycles. The number of nitrogens with zero attached hydrogens (tertiary/aromatic N) is 2. The quantitative estimate of drug-likeness (QED) is 0.669. The minimum atomic E-state index is 0.100. The van der Waals surface area contributed by atoms with Crippen LogP contribution in [0, 0.1) is 0 Å². The van der Waals surface area contributed by atoms with Crippen LogP contribution in [0.4, 0.5) is 0 Å². The maximum absolute atomic E-state index is 6.14. The van der Waals surface area contributed by atoms with Gasteiger partial charge in [-0.1, -0.05) is 43.0 Å². The van der Waals surface area contributed by atoms with Crippen LogP contribution in [0.25, 0.3) is 0 Å². The van der Waals surface area contributed by atoms with Gasteiger partial charge >= 0.3 is 0 Å². The summed E-state index contributed by atoms with van der Waals surface area (Å²) in [5.74, 6) is 0.654. The first-order valence-electron chi connectivity index (χ1n) is 9.58. The Labute approximate surface area is 160 Å². The Morgan fingerprint density at radius 1 is 1.08 bits per heavy atom. The molecule has 0 atom stereocenters. The molecule has 0 N–H and O–H groups in total. The molecule has 2 heterocycles. The van der Waals surface area contributed by atoms with E-state index in [9.17, 15) is 0 Å². The van der Waals surface area contributed by atoms with Gasteiger partial charge in [-0.3, -0.25) is 0 Å². The summed E-state index contributed by atoms with van der Waals surface area (Å²) in [6, 6.07) is 8.53. The normalized spacial score (nSPS) is 22.2. The fourth-order valence-corrected chi connectivity index (χ4v) is 5.78. The molecular formula is C21H27ClN2S. The summed E-state index contributed by atoms with van der Waals surface area (Å²) in [5.41, 5.74) is 2.81. The third-order valence-corrected chi connectivity index (χ3v) is 7.44. The number of benzene rings is 1. The summed E-state index contributed by atoms with van der Waals surface area (Å²) in [4.78, 5) is 7.65. The van der Waals surface area contributed by atoms with Crippen LogP contribution in [0.15, 0.2) is 29.6 Å². The van der Waals surface area contributed by atoms with Crippen molar-refractivity contribution in [1.29, 1.82) is 0 Å². The molecule has 4 heteroatoms. The zero-order chi connectivity index (χ0) is 17.3. The highest BCUT2D eigenvalue weighted by Crippen LogP contribution is 2.46. The van der Waals surface area contributed by atoms with Crippen molar-refractivity contribution in [1.82, 2.24) is 9.88 Å². The van der Waals surface area contributed by atoms with E-state index < -0.39 is 0 Å². The maximum Gasteiger partial charge on any atom is 0.0960 e.